The number of aliphatic hydroxyl groups is 1. The highest BCUT2D eigenvalue weighted by molar-refractivity contribution is 6.51. The van der Waals surface area contributed by atoms with Crippen LogP contribution in [0.4, 0.5) is 5.69 Å². The average molecular weight is 484 g/mol. The molecule has 0 spiro atoms. The molecule has 5 rings (SSSR count). The van der Waals surface area contributed by atoms with Gasteiger partial charge in [0, 0.05) is 24.6 Å². The van der Waals surface area contributed by atoms with E-state index in [2.05, 4.69) is 0 Å². The van der Waals surface area contributed by atoms with Crippen LogP contribution in [0.1, 0.15) is 42.1 Å². The smallest absolute Gasteiger partial charge is 0.308 e. The van der Waals surface area contributed by atoms with Gasteiger partial charge in [0.15, 0.2) is 0 Å². The van der Waals surface area contributed by atoms with Crippen molar-refractivity contribution in [1.82, 2.24) is 0 Å². The number of hydrogen-bond donors (Lipinski definition) is 1. The maximum atomic E-state index is 13.4. The van der Waals surface area contributed by atoms with Crippen LogP contribution in [0.15, 0.2) is 72.3 Å². The van der Waals surface area contributed by atoms with Crippen molar-refractivity contribution in [3.05, 3.63) is 94.6 Å². The molecule has 7 nitrogen and oxygen atoms in total. The second kappa shape index (κ2) is 9.34. The summed E-state index contributed by atoms with van der Waals surface area (Å²) in [6.45, 7) is 3.91. The van der Waals surface area contributed by atoms with Crippen LogP contribution >= 0.6 is 0 Å². The Morgan fingerprint density at radius 2 is 1.78 bits per heavy atom. The molecule has 1 atom stereocenters. The Hall–Kier alpha value is -4.39. The summed E-state index contributed by atoms with van der Waals surface area (Å²) < 4.78 is 10.7. The maximum absolute atomic E-state index is 13.4. The van der Waals surface area contributed by atoms with E-state index < -0.39 is 23.7 Å². The fourth-order valence-electron chi connectivity index (χ4n) is 4.68. The number of benzene rings is 3. The van der Waals surface area contributed by atoms with Crippen molar-refractivity contribution >= 4 is 29.1 Å². The first-order valence-corrected chi connectivity index (χ1v) is 11.8. The second-order valence-electron chi connectivity index (χ2n) is 8.77. The van der Waals surface area contributed by atoms with Crippen molar-refractivity contribution in [2.24, 2.45) is 0 Å². The van der Waals surface area contributed by atoms with Gasteiger partial charge in [-0.3, -0.25) is 19.3 Å². The third-order valence-corrected chi connectivity index (χ3v) is 6.49. The lowest BCUT2D eigenvalue weighted by molar-refractivity contribution is -0.132. The van der Waals surface area contributed by atoms with E-state index in [0.717, 1.165) is 23.3 Å². The average Bonchev–Trinajstić information content (AvgIpc) is 3.46. The van der Waals surface area contributed by atoms with Gasteiger partial charge in [-0.05, 0) is 65.6 Å². The van der Waals surface area contributed by atoms with Crippen LogP contribution < -0.4 is 14.4 Å². The number of carbonyl (C=O) groups is 3. The van der Waals surface area contributed by atoms with E-state index in [0.29, 0.717) is 35.6 Å². The van der Waals surface area contributed by atoms with E-state index in [1.807, 2.05) is 19.1 Å². The Morgan fingerprint density at radius 1 is 1.06 bits per heavy atom. The number of anilines is 1. The zero-order valence-corrected chi connectivity index (χ0v) is 20.0. The Morgan fingerprint density at radius 3 is 2.44 bits per heavy atom. The minimum Gasteiger partial charge on any atom is -0.507 e. The molecule has 0 aromatic heterocycles. The van der Waals surface area contributed by atoms with Crippen LogP contribution in [0.3, 0.4) is 0 Å². The normalized spacial score (nSPS) is 18.2. The number of aliphatic hydroxyl groups excluding tert-OH is 1. The number of ketones is 1. The Labute approximate surface area is 208 Å². The molecule has 1 saturated heterocycles. The second-order valence-corrected chi connectivity index (χ2v) is 8.77. The molecular weight excluding hydrogens is 458 g/mol. The fraction of sp³-hybridized carbons (Fsp3) is 0.207. The van der Waals surface area contributed by atoms with Crippen LogP contribution in [0.5, 0.6) is 11.5 Å². The summed E-state index contributed by atoms with van der Waals surface area (Å²) in [5.74, 6) is -1.10. The van der Waals surface area contributed by atoms with Crippen molar-refractivity contribution in [2.45, 2.75) is 32.7 Å². The molecular formula is C29H25NO6. The van der Waals surface area contributed by atoms with Crippen LogP contribution in [0.2, 0.25) is 0 Å². The van der Waals surface area contributed by atoms with Crippen LogP contribution in [0.25, 0.3) is 5.76 Å². The van der Waals surface area contributed by atoms with Gasteiger partial charge in [-0.15, -0.1) is 0 Å². The number of esters is 1. The van der Waals surface area contributed by atoms with Gasteiger partial charge in [0.1, 0.15) is 17.3 Å². The molecule has 3 aromatic carbocycles. The van der Waals surface area contributed by atoms with Crippen LogP contribution in [-0.4, -0.2) is 29.4 Å². The summed E-state index contributed by atoms with van der Waals surface area (Å²) in [7, 11) is 0. The van der Waals surface area contributed by atoms with Gasteiger partial charge < -0.3 is 14.6 Å². The molecule has 2 aliphatic rings. The highest BCUT2D eigenvalue weighted by Gasteiger charge is 2.47. The number of carbonyl (C=O) groups excluding carboxylic acids is 3. The van der Waals surface area contributed by atoms with Gasteiger partial charge in [0.05, 0.1) is 18.2 Å². The number of ether oxygens (including phenoxy) is 2. The number of Topliss-reactive ketones (excluding diaryl/α,β-unsaturated/α-hetero) is 1. The Kier molecular flexibility index (Phi) is 6.06. The molecule has 1 N–H and O–H groups in total. The predicted octanol–water partition coefficient (Wildman–Crippen LogP) is 4.74. The van der Waals surface area contributed by atoms with Gasteiger partial charge in [-0.1, -0.05) is 31.2 Å². The molecule has 2 aliphatic heterocycles. The third-order valence-electron chi connectivity index (χ3n) is 6.49. The minimum absolute atomic E-state index is 0.00123. The molecule has 182 valence electrons. The highest BCUT2D eigenvalue weighted by atomic mass is 16.5. The molecule has 0 bridgehead atoms. The van der Waals surface area contributed by atoms with Crippen LogP contribution in [-0.2, 0) is 27.2 Å². The van der Waals surface area contributed by atoms with Crippen molar-refractivity contribution in [2.75, 3.05) is 11.5 Å². The summed E-state index contributed by atoms with van der Waals surface area (Å²) in [6.07, 6.45) is 1.54. The quantitative estimate of drug-likeness (QED) is 0.185. The molecule has 3 aromatic rings. The number of fused-ring (bicyclic) bond motifs is 1. The highest BCUT2D eigenvalue weighted by Crippen LogP contribution is 2.43. The lowest BCUT2D eigenvalue weighted by Crippen LogP contribution is -2.29. The van der Waals surface area contributed by atoms with Gasteiger partial charge >= 0.3 is 5.97 Å². The van der Waals surface area contributed by atoms with E-state index in [4.69, 9.17) is 9.47 Å². The van der Waals surface area contributed by atoms with E-state index in [1.54, 1.807) is 54.6 Å². The van der Waals surface area contributed by atoms with Gasteiger partial charge in [0.25, 0.3) is 11.7 Å². The third kappa shape index (κ3) is 4.13. The van der Waals surface area contributed by atoms with Crippen molar-refractivity contribution < 1.29 is 29.0 Å². The lowest BCUT2D eigenvalue weighted by Gasteiger charge is -2.25. The first kappa shape index (κ1) is 23.4. The van der Waals surface area contributed by atoms with E-state index in [-0.39, 0.29) is 11.3 Å². The molecule has 0 radical (unpaired) electrons. The summed E-state index contributed by atoms with van der Waals surface area (Å²) >= 11 is 0. The molecule has 1 unspecified atom stereocenters. The molecule has 1 amide bonds. The minimum atomic E-state index is -0.867. The number of amides is 1. The molecule has 2 heterocycles. The number of rotatable bonds is 5. The monoisotopic (exact) mass is 483 g/mol. The fourth-order valence-corrected chi connectivity index (χ4v) is 4.68. The van der Waals surface area contributed by atoms with E-state index in [9.17, 15) is 19.5 Å². The largest absolute Gasteiger partial charge is 0.507 e. The predicted molar refractivity (Wildman–Crippen MR) is 134 cm³/mol. The molecule has 0 aliphatic carbocycles. The van der Waals surface area contributed by atoms with E-state index >= 15 is 0 Å². The summed E-state index contributed by atoms with van der Waals surface area (Å²) in [5.41, 5.74) is 3.61. The number of hydrogen-bond acceptors (Lipinski definition) is 6. The Balaban J connectivity index is 1.65. The topological polar surface area (TPSA) is 93.1 Å². The van der Waals surface area contributed by atoms with Crippen molar-refractivity contribution in [3.63, 3.8) is 0 Å². The summed E-state index contributed by atoms with van der Waals surface area (Å²) in [6, 6.07) is 18.4. The van der Waals surface area contributed by atoms with E-state index in [1.165, 1.54) is 11.8 Å². The Bertz CT molecular complexity index is 1390. The van der Waals surface area contributed by atoms with Gasteiger partial charge in [0.2, 0.25) is 0 Å². The summed E-state index contributed by atoms with van der Waals surface area (Å²) in [4.78, 5) is 39.4. The summed E-state index contributed by atoms with van der Waals surface area (Å²) in [5, 5.41) is 11.4. The standard InChI is InChI=1S/C29H25NO6/c1-3-18-4-9-22(10-5-18)30-26(19-6-11-23(12-7-19)36-17(2)31)25(28(33)29(30)34)27(32)21-8-13-24-20(16-21)14-15-35-24/h4-13,16,26,32H,3,14-15H2,1-2H3/b27-25-. The first-order valence-electron chi connectivity index (χ1n) is 11.8. The maximum Gasteiger partial charge on any atom is 0.308 e. The lowest BCUT2D eigenvalue weighted by atomic mass is 9.94. The van der Waals surface area contributed by atoms with Crippen molar-refractivity contribution in [1.29, 1.82) is 0 Å². The number of nitrogens with zero attached hydrogens (tertiary/aromatic N) is 1. The van der Waals surface area contributed by atoms with Crippen LogP contribution in [0, 0.1) is 0 Å². The molecule has 0 saturated carbocycles. The molecule has 36 heavy (non-hydrogen) atoms. The van der Waals surface area contributed by atoms with Crippen molar-refractivity contribution in [3.8, 4) is 11.5 Å². The molecule has 1 fully saturated rings. The zero-order valence-electron chi connectivity index (χ0n) is 20.0. The van der Waals surface area contributed by atoms with Gasteiger partial charge in [-0.25, -0.2) is 0 Å². The first-order chi connectivity index (χ1) is 17.4. The molecule has 7 heteroatoms. The SMILES string of the molecule is CCc1ccc(N2C(=O)C(=O)/C(=C(\O)c3ccc4c(c3)CCO4)C2c2ccc(OC(C)=O)cc2)cc1. The van der Waals surface area contributed by atoms with Gasteiger partial charge in [-0.2, -0.15) is 0 Å². The number of aryl methyl sites for hydroxylation is 1. The zero-order chi connectivity index (χ0) is 25.4.